The number of rotatable bonds is 7. The highest BCUT2D eigenvalue weighted by molar-refractivity contribution is 5.98. The Morgan fingerprint density at radius 1 is 0.964 bits per heavy atom. The van der Waals surface area contributed by atoms with E-state index in [9.17, 15) is 14.4 Å². The van der Waals surface area contributed by atoms with Crippen LogP contribution in [0.5, 0.6) is 0 Å². The second-order valence-electron chi connectivity index (χ2n) is 7.19. The second-order valence-corrected chi connectivity index (χ2v) is 7.19. The first kappa shape index (κ1) is 19.8. The fourth-order valence-corrected chi connectivity index (χ4v) is 3.40. The van der Waals surface area contributed by atoms with Crippen LogP contribution in [-0.4, -0.2) is 24.3 Å². The number of ketones is 1. The summed E-state index contributed by atoms with van der Waals surface area (Å²) in [4.78, 5) is 36.1. The van der Waals surface area contributed by atoms with Gasteiger partial charge in [0, 0.05) is 17.7 Å². The molecule has 1 N–H and O–H groups in total. The van der Waals surface area contributed by atoms with Gasteiger partial charge >= 0.3 is 5.97 Å². The lowest BCUT2D eigenvalue weighted by Crippen LogP contribution is -2.21. The molecule has 0 spiro atoms. The van der Waals surface area contributed by atoms with Gasteiger partial charge in [-0.15, -0.1) is 0 Å². The molecule has 0 aliphatic heterocycles. The lowest BCUT2D eigenvalue weighted by Gasteiger charge is -2.16. The maximum Gasteiger partial charge on any atom is 0.306 e. The average molecular weight is 379 g/mol. The average Bonchev–Trinajstić information content (AvgIpc) is 2.70. The van der Waals surface area contributed by atoms with Gasteiger partial charge < -0.3 is 10.1 Å². The number of ether oxygens (including phenoxy) is 1. The van der Waals surface area contributed by atoms with Crippen LogP contribution in [0.2, 0.25) is 0 Å². The maximum absolute atomic E-state index is 12.4. The molecule has 146 valence electrons. The van der Waals surface area contributed by atoms with E-state index in [-0.39, 0.29) is 25.2 Å². The molecule has 5 heteroatoms. The highest BCUT2D eigenvalue weighted by Gasteiger charge is 2.15. The monoisotopic (exact) mass is 379 g/mol. The summed E-state index contributed by atoms with van der Waals surface area (Å²) < 4.78 is 4.98. The van der Waals surface area contributed by atoms with E-state index >= 15 is 0 Å². The lowest BCUT2D eigenvalue weighted by molar-refractivity contribution is -0.147. The quantitative estimate of drug-likeness (QED) is 0.583. The molecule has 0 unspecified atom stereocenters. The molecule has 1 amide bonds. The molecule has 0 aromatic heterocycles. The maximum atomic E-state index is 12.4. The van der Waals surface area contributed by atoms with Gasteiger partial charge in [-0.1, -0.05) is 24.3 Å². The molecule has 0 fully saturated rings. The summed E-state index contributed by atoms with van der Waals surface area (Å²) in [6.45, 7) is 1.56. The first-order chi connectivity index (χ1) is 13.5. The Kier molecular flexibility index (Phi) is 6.58. The molecule has 0 bridgehead atoms. The molecular formula is C23H25NO4. The van der Waals surface area contributed by atoms with Crippen molar-refractivity contribution < 1.29 is 19.1 Å². The highest BCUT2D eigenvalue weighted by Crippen LogP contribution is 2.23. The zero-order chi connectivity index (χ0) is 19.9. The van der Waals surface area contributed by atoms with Gasteiger partial charge in [0.25, 0.3) is 5.91 Å². The summed E-state index contributed by atoms with van der Waals surface area (Å²) in [6, 6.07) is 13.2. The molecule has 2 aromatic carbocycles. The Hall–Kier alpha value is -2.95. The van der Waals surface area contributed by atoms with Crippen LogP contribution < -0.4 is 5.32 Å². The summed E-state index contributed by atoms with van der Waals surface area (Å²) in [7, 11) is 0. The Labute approximate surface area is 165 Å². The van der Waals surface area contributed by atoms with Crippen LogP contribution in [0.4, 0.5) is 5.69 Å². The van der Waals surface area contributed by atoms with E-state index < -0.39 is 11.9 Å². The molecular weight excluding hydrogens is 354 g/mol. The van der Waals surface area contributed by atoms with Crippen LogP contribution in [-0.2, 0) is 27.2 Å². The van der Waals surface area contributed by atoms with E-state index in [1.165, 1.54) is 17.5 Å². The predicted octanol–water partition coefficient (Wildman–Crippen LogP) is 4.02. The molecule has 1 aliphatic rings. The molecule has 0 saturated carbocycles. The van der Waals surface area contributed by atoms with E-state index in [0.717, 1.165) is 24.8 Å². The number of nitrogens with one attached hydrogen (secondary N) is 1. The Bertz CT molecular complexity index is 888. The zero-order valence-corrected chi connectivity index (χ0v) is 16.1. The number of anilines is 1. The minimum Gasteiger partial charge on any atom is -0.456 e. The molecule has 5 nitrogen and oxygen atoms in total. The van der Waals surface area contributed by atoms with Crippen molar-refractivity contribution in [3.63, 3.8) is 0 Å². The smallest absolute Gasteiger partial charge is 0.306 e. The van der Waals surface area contributed by atoms with E-state index in [4.69, 9.17) is 4.74 Å². The minimum atomic E-state index is -0.550. The molecule has 2 aromatic rings. The third-order valence-electron chi connectivity index (χ3n) is 4.89. The Balaban J connectivity index is 1.42. The summed E-state index contributed by atoms with van der Waals surface area (Å²) in [5, 5.41) is 2.67. The van der Waals surface area contributed by atoms with Crippen molar-refractivity contribution in [2.45, 2.75) is 45.4 Å². The topological polar surface area (TPSA) is 72.5 Å². The predicted molar refractivity (Wildman–Crippen MR) is 107 cm³/mol. The number of hydrogen-bond acceptors (Lipinski definition) is 4. The minimum absolute atomic E-state index is 0.0341. The number of amides is 1. The lowest BCUT2D eigenvalue weighted by atomic mass is 9.89. The van der Waals surface area contributed by atoms with Crippen LogP contribution in [0.15, 0.2) is 42.5 Å². The highest BCUT2D eigenvalue weighted by atomic mass is 16.5. The summed E-state index contributed by atoms with van der Waals surface area (Å²) in [5.74, 6) is -1.03. The van der Waals surface area contributed by atoms with Crippen molar-refractivity contribution in [1.82, 2.24) is 0 Å². The number of hydrogen-bond donors (Lipinski definition) is 1. The Morgan fingerprint density at radius 2 is 1.75 bits per heavy atom. The standard InChI is InChI=1S/C23H25NO4/c1-16-5-4-8-20(13-16)24-22(26)15-28-23(27)12-11-21(25)19-10-9-17-6-2-3-7-18(17)14-19/h4-5,8-10,13-14H,2-3,6-7,11-12,15H2,1H3,(H,24,26). The number of aryl methyl sites for hydroxylation is 3. The number of carbonyl (C=O) groups excluding carboxylic acids is 3. The first-order valence-electron chi connectivity index (χ1n) is 9.68. The van der Waals surface area contributed by atoms with Gasteiger partial charge in [-0.05, 0) is 67.5 Å². The number of esters is 1. The Morgan fingerprint density at radius 3 is 2.54 bits per heavy atom. The molecule has 28 heavy (non-hydrogen) atoms. The van der Waals surface area contributed by atoms with Crippen molar-refractivity contribution >= 4 is 23.3 Å². The number of Topliss-reactive ketones (excluding diaryl/α,β-unsaturated/α-hetero) is 1. The van der Waals surface area contributed by atoms with E-state index in [1.807, 2.05) is 43.3 Å². The molecule has 1 aliphatic carbocycles. The third-order valence-corrected chi connectivity index (χ3v) is 4.89. The van der Waals surface area contributed by atoms with Gasteiger partial charge in [0.2, 0.25) is 0 Å². The van der Waals surface area contributed by atoms with E-state index in [1.54, 1.807) is 6.07 Å². The van der Waals surface area contributed by atoms with Gasteiger partial charge in [0.05, 0.1) is 6.42 Å². The number of benzene rings is 2. The zero-order valence-electron chi connectivity index (χ0n) is 16.1. The van der Waals surface area contributed by atoms with Gasteiger partial charge in [0.15, 0.2) is 12.4 Å². The van der Waals surface area contributed by atoms with Crippen molar-refractivity contribution in [2.75, 3.05) is 11.9 Å². The van der Waals surface area contributed by atoms with Gasteiger partial charge in [-0.3, -0.25) is 14.4 Å². The first-order valence-corrected chi connectivity index (χ1v) is 9.68. The fraction of sp³-hybridized carbons (Fsp3) is 0.348. The van der Waals surface area contributed by atoms with Crippen LogP contribution in [0, 0.1) is 6.92 Å². The molecule has 0 saturated heterocycles. The second kappa shape index (κ2) is 9.31. The van der Waals surface area contributed by atoms with Gasteiger partial charge in [-0.25, -0.2) is 0 Å². The number of carbonyl (C=O) groups is 3. The van der Waals surface area contributed by atoms with Gasteiger partial charge in [-0.2, -0.15) is 0 Å². The molecule has 0 atom stereocenters. The van der Waals surface area contributed by atoms with Crippen molar-refractivity contribution in [3.05, 3.63) is 64.7 Å². The fourth-order valence-electron chi connectivity index (χ4n) is 3.40. The van der Waals surface area contributed by atoms with Crippen molar-refractivity contribution in [3.8, 4) is 0 Å². The van der Waals surface area contributed by atoms with Crippen LogP contribution in [0.25, 0.3) is 0 Å². The largest absolute Gasteiger partial charge is 0.456 e. The third kappa shape index (κ3) is 5.52. The molecule has 3 rings (SSSR count). The summed E-state index contributed by atoms with van der Waals surface area (Å²) in [5.41, 5.74) is 4.89. The van der Waals surface area contributed by atoms with E-state index in [2.05, 4.69) is 5.32 Å². The van der Waals surface area contributed by atoms with Crippen LogP contribution >= 0.6 is 0 Å². The van der Waals surface area contributed by atoms with Crippen LogP contribution in [0.3, 0.4) is 0 Å². The normalized spacial score (nSPS) is 12.8. The number of fused-ring (bicyclic) bond motifs is 1. The summed E-state index contributed by atoms with van der Waals surface area (Å²) in [6.07, 6.45) is 4.48. The van der Waals surface area contributed by atoms with Crippen LogP contribution in [0.1, 0.15) is 52.7 Å². The molecule has 0 heterocycles. The van der Waals surface area contributed by atoms with Gasteiger partial charge in [0.1, 0.15) is 0 Å². The van der Waals surface area contributed by atoms with E-state index in [0.29, 0.717) is 11.3 Å². The molecule has 0 radical (unpaired) electrons. The van der Waals surface area contributed by atoms with Crippen molar-refractivity contribution in [1.29, 1.82) is 0 Å². The SMILES string of the molecule is Cc1cccc(NC(=O)COC(=O)CCC(=O)c2ccc3c(c2)CCCC3)c1. The summed E-state index contributed by atoms with van der Waals surface area (Å²) >= 11 is 0. The van der Waals surface area contributed by atoms with Crippen molar-refractivity contribution in [2.24, 2.45) is 0 Å².